The quantitative estimate of drug-likeness (QED) is 0.380. The summed E-state index contributed by atoms with van der Waals surface area (Å²) in [4.78, 5) is 16.9. The third-order valence-corrected chi connectivity index (χ3v) is 8.03. The molecule has 1 N–H and O–H groups in total. The summed E-state index contributed by atoms with van der Waals surface area (Å²) in [5, 5.41) is 16.5. The summed E-state index contributed by atoms with van der Waals surface area (Å²) in [6, 6.07) is 15.3. The maximum atomic E-state index is 9.64. The first kappa shape index (κ1) is 22.2. The second-order valence-corrected chi connectivity index (χ2v) is 10.4. The summed E-state index contributed by atoms with van der Waals surface area (Å²) in [7, 11) is 0. The normalized spacial score (nSPS) is 18.8. The van der Waals surface area contributed by atoms with Crippen LogP contribution in [-0.4, -0.2) is 66.8 Å². The summed E-state index contributed by atoms with van der Waals surface area (Å²) >= 11 is 0. The number of hydrogen-bond donors (Lipinski definition) is 1. The third-order valence-electron chi connectivity index (χ3n) is 8.03. The minimum absolute atomic E-state index is 0.289. The molecule has 186 valence electrons. The zero-order chi connectivity index (χ0) is 24.8. The smallest absolute Gasteiger partial charge is 0.141 e. The van der Waals surface area contributed by atoms with Gasteiger partial charge in [-0.2, -0.15) is 10.4 Å². The number of para-hydroxylation sites is 1. The molecule has 2 aliphatic heterocycles. The molecule has 4 aromatic heterocycles. The highest BCUT2D eigenvalue weighted by Crippen LogP contribution is 2.37. The maximum absolute atomic E-state index is 9.64. The molecule has 2 saturated heterocycles. The first-order valence-corrected chi connectivity index (χ1v) is 12.9. The molecule has 0 saturated carbocycles. The lowest BCUT2D eigenvalue weighted by molar-refractivity contribution is -0.0439. The van der Waals surface area contributed by atoms with Gasteiger partial charge in [-0.3, -0.25) is 14.5 Å². The molecule has 2 aliphatic rings. The Hall–Kier alpha value is -4.00. The van der Waals surface area contributed by atoms with Gasteiger partial charge in [-0.15, -0.1) is 0 Å². The lowest BCUT2D eigenvalue weighted by Crippen LogP contribution is -2.66. The van der Waals surface area contributed by atoms with Crippen molar-refractivity contribution in [2.75, 3.05) is 26.2 Å². The highest BCUT2D eigenvalue weighted by Gasteiger charge is 2.48. The number of nitrogens with zero attached hydrogens (tertiary/aromatic N) is 7. The van der Waals surface area contributed by atoms with Gasteiger partial charge < -0.3 is 9.40 Å². The van der Waals surface area contributed by atoms with E-state index in [4.69, 9.17) is 9.52 Å². The van der Waals surface area contributed by atoms with E-state index in [1.54, 1.807) is 6.33 Å². The average molecular weight is 493 g/mol. The predicted molar refractivity (Wildman–Crippen MR) is 139 cm³/mol. The van der Waals surface area contributed by atoms with E-state index < -0.39 is 0 Å². The van der Waals surface area contributed by atoms with Crippen LogP contribution in [0, 0.1) is 11.3 Å². The van der Waals surface area contributed by atoms with Crippen molar-refractivity contribution >= 4 is 22.0 Å². The molecule has 0 radical (unpaired) electrons. The molecule has 6 heterocycles. The van der Waals surface area contributed by atoms with Crippen LogP contribution in [0.5, 0.6) is 0 Å². The van der Waals surface area contributed by atoms with E-state index in [1.807, 2.05) is 47.5 Å². The zero-order valence-corrected chi connectivity index (χ0v) is 20.5. The van der Waals surface area contributed by atoms with Gasteiger partial charge in [0.2, 0.25) is 0 Å². The maximum Gasteiger partial charge on any atom is 0.141 e. The van der Waals surface area contributed by atoms with Gasteiger partial charge in [0.05, 0.1) is 30.9 Å². The molecule has 0 aliphatic carbocycles. The lowest BCUT2D eigenvalue weighted by Gasteiger charge is -2.53. The summed E-state index contributed by atoms with van der Waals surface area (Å²) in [5.41, 5.74) is 3.29. The monoisotopic (exact) mass is 492 g/mol. The molecule has 0 spiro atoms. The van der Waals surface area contributed by atoms with Crippen LogP contribution < -0.4 is 0 Å². The van der Waals surface area contributed by atoms with Crippen molar-refractivity contribution in [1.82, 2.24) is 34.5 Å². The summed E-state index contributed by atoms with van der Waals surface area (Å²) < 4.78 is 8.03. The molecule has 0 unspecified atom stereocenters. The molecule has 9 heteroatoms. The van der Waals surface area contributed by atoms with Gasteiger partial charge in [0.1, 0.15) is 28.9 Å². The van der Waals surface area contributed by atoms with Crippen LogP contribution in [0.2, 0.25) is 0 Å². The molecule has 0 amide bonds. The number of benzene rings is 1. The fraction of sp³-hybridized carbons (Fsp3) is 0.357. The number of aromatic nitrogens is 5. The molecule has 5 aromatic rings. The van der Waals surface area contributed by atoms with Gasteiger partial charge in [-0.25, -0.2) is 9.97 Å². The standard InChI is InChI=1S/C28H28N8O/c29-9-8-28(36-15-21(14-33-36)26-24-5-10-30-27(24)32-19-31-26)17-35(18-28)22-6-11-34(12-7-22)16-23-13-20-3-1-2-4-25(20)37-23/h1-5,10,13-15,19,22H,6-8,11-12,16-18H2,(H,30,31,32). The number of nitrogens with one attached hydrogen (secondary N) is 1. The number of furan rings is 1. The molecular formula is C28H28N8O. The number of H-pyrrole nitrogens is 1. The number of piperidine rings is 1. The first-order valence-electron chi connectivity index (χ1n) is 12.9. The Morgan fingerprint density at radius 2 is 2.00 bits per heavy atom. The van der Waals surface area contributed by atoms with E-state index in [2.05, 4.69) is 43.0 Å². The predicted octanol–water partition coefficient (Wildman–Crippen LogP) is 4.16. The van der Waals surface area contributed by atoms with Crippen molar-refractivity contribution in [2.24, 2.45) is 0 Å². The Labute approximate surface area is 214 Å². The lowest BCUT2D eigenvalue weighted by atomic mass is 9.84. The van der Waals surface area contributed by atoms with Crippen LogP contribution in [0.15, 0.2) is 65.7 Å². The van der Waals surface area contributed by atoms with Gasteiger partial charge in [0.15, 0.2) is 0 Å². The van der Waals surface area contributed by atoms with E-state index in [0.29, 0.717) is 12.5 Å². The Balaban J connectivity index is 1.01. The number of fused-ring (bicyclic) bond motifs is 2. The number of likely N-dealkylation sites (tertiary alicyclic amines) is 2. The fourth-order valence-electron chi connectivity index (χ4n) is 6.04. The molecule has 1 aromatic carbocycles. The Morgan fingerprint density at radius 1 is 1.14 bits per heavy atom. The number of hydrogen-bond acceptors (Lipinski definition) is 7. The topological polar surface area (TPSA) is 103 Å². The largest absolute Gasteiger partial charge is 0.460 e. The van der Waals surface area contributed by atoms with Crippen molar-refractivity contribution < 1.29 is 4.42 Å². The molecule has 0 bridgehead atoms. The average Bonchev–Trinajstić information content (AvgIpc) is 3.66. The van der Waals surface area contributed by atoms with Gasteiger partial charge >= 0.3 is 0 Å². The van der Waals surface area contributed by atoms with Crippen molar-refractivity contribution in [3.63, 3.8) is 0 Å². The second kappa shape index (κ2) is 8.83. The van der Waals surface area contributed by atoms with Crippen LogP contribution in [0.4, 0.5) is 0 Å². The number of rotatable bonds is 6. The first-order chi connectivity index (χ1) is 18.2. The van der Waals surface area contributed by atoms with Crippen LogP contribution in [-0.2, 0) is 12.1 Å². The van der Waals surface area contributed by atoms with E-state index in [9.17, 15) is 5.26 Å². The third kappa shape index (κ3) is 3.89. The van der Waals surface area contributed by atoms with E-state index in [1.165, 1.54) is 5.39 Å². The Kier molecular flexibility index (Phi) is 5.30. The van der Waals surface area contributed by atoms with Crippen LogP contribution >= 0.6 is 0 Å². The minimum Gasteiger partial charge on any atom is -0.460 e. The molecule has 9 nitrogen and oxygen atoms in total. The highest BCUT2D eigenvalue weighted by atomic mass is 16.3. The minimum atomic E-state index is -0.289. The van der Waals surface area contributed by atoms with Gasteiger partial charge in [0.25, 0.3) is 0 Å². The summed E-state index contributed by atoms with van der Waals surface area (Å²) in [5.74, 6) is 1.03. The van der Waals surface area contributed by atoms with Crippen molar-refractivity contribution in [3.8, 4) is 17.3 Å². The van der Waals surface area contributed by atoms with E-state index in [0.717, 1.165) is 79.2 Å². The molecule has 2 fully saturated rings. The van der Waals surface area contributed by atoms with Crippen LogP contribution in [0.3, 0.4) is 0 Å². The van der Waals surface area contributed by atoms with E-state index in [-0.39, 0.29) is 5.54 Å². The van der Waals surface area contributed by atoms with Gasteiger partial charge in [0, 0.05) is 61.0 Å². The van der Waals surface area contributed by atoms with Crippen LogP contribution in [0.25, 0.3) is 33.3 Å². The summed E-state index contributed by atoms with van der Waals surface area (Å²) in [6.45, 7) is 4.65. The van der Waals surface area contributed by atoms with Crippen LogP contribution in [0.1, 0.15) is 25.0 Å². The molecular weight excluding hydrogens is 464 g/mol. The van der Waals surface area contributed by atoms with E-state index >= 15 is 0 Å². The highest BCUT2D eigenvalue weighted by molar-refractivity contribution is 5.90. The molecule has 0 atom stereocenters. The molecule has 37 heavy (non-hydrogen) atoms. The Bertz CT molecular complexity index is 1560. The van der Waals surface area contributed by atoms with Crippen molar-refractivity contribution in [3.05, 3.63) is 67.1 Å². The fourth-order valence-corrected chi connectivity index (χ4v) is 6.04. The van der Waals surface area contributed by atoms with Crippen molar-refractivity contribution in [2.45, 2.75) is 37.4 Å². The van der Waals surface area contributed by atoms with Gasteiger partial charge in [-0.05, 0) is 31.0 Å². The number of nitriles is 1. The number of aromatic amines is 1. The Morgan fingerprint density at radius 3 is 2.84 bits per heavy atom. The SMILES string of the molecule is N#CCC1(n2cc(-c3ncnc4[nH]ccc34)cn2)CN(C2CCN(Cc3cc4ccccc4o3)CC2)C1. The zero-order valence-electron chi connectivity index (χ0n) is 20.5. The van der Waals surface area contributed by atoms with Gasteiger partial charge in [-0.1, -0.05) is 18.2 Å². The summed E-state index contributed by atoms with van der Waals surface area (Å²) in [6.07, 6.45) is 10.0. The second-order valence-electron chi connectivity index (χ2n) is 10.4. The molecule has 7 rings (SSSR count). The van der Waals surface area contributed by atoms with Crippen molar-refractivity contribution in [1.29, 1.82) is 5.26 Å².